The summed E-state index contributed by atoms with van der Waals surface area (Å²) in [6.07, 6.45) is 0.960. The Labute approximate surface area is 88.7 Å². The number of benzene rings is 1. The summed E-state index contributed by atoms with van der Waals surface area (Å²) in [6, 6.07) is 8.10. The molecule has 0 spiro atoms. The second-order valence-electron chi connectivity index (χ2n) is 3.40. The van der Waals surface area contributed by atoms with Gasteiger partial charge in [0.2, 0.25) is 0 Å². The van der Waals surface area contributed by atoms with Crippen molar-refractivity contribution in [3.05, 3.63) is 40.5 Å². The summed E-state index contributed by atoms with van der Waals surface area (Å²) in [5.74, 6) is 0. The molecule has 0 bridgehead atoms. The second kappa shape index (κ2) is 3.58. The Bertz CT molecular complexity index is 477. The van der Waals surface area contributed by atoms with Crippen LogP contribution in [0.3, 0.4) is 0 Å². The van der Waals surface area contributed by atoms with Crippen LogP contribution < -0.4 is 0 Å². The highest BCUT2D eigenvalue weighted by molar-refractivity contribution is 6.32. The predicted molar refractivity (Wildman–Crippen MR) is 60.9 cm³/mol. The largest absolute Gasteiger partial charge is 0.253 e. The van der Waals surface area contributed by atoms with Gasteiger partial charge in [-0.25, -0.2) is 0 Å². The fraction of sp³-hybridized carbons (Fsp3) is 0.250. The summed E-state index contributed by atoms with van der Waals surface area (Å²) in [6.45, 7) is 4.12. The van der Waals surface area contributed by atoms with Crippen LogP contribution in [0.25, 0.3) is 10.9 Å². The Morgan fingerprint density at radius 3 is 2.64 bits per heavy atom. The van der Waals surface area contributed by atoms with Crippen LogP contribution in [0.4, 0.5) is 0 Å². The second-order valence-corrected chi connectivity index (χ2v) is 3.81. The first-order valence-electron chi connectivity index (χ1n) is 4.77. The quantitative estimate of drug-likeness (QED) is 0.691. The lowest BCUT2D eigenvalue weighted by Gasteiger charge is -2.04. The minimum absolute atomic E-state index is 0.790. The molecule has 0 radical (unpaired) electrons. The Morgan fingerprint density at radius 2 is 1.93 bits per heavy atom. The molecule has 1 aromatic heterocycles. The predicted octanol–water partition coefficient (Wildman–Crippen LogP) is 3.76. The molecule has 0 atom stereocenters. The monoisotopic (exact) mass is 205 g/mol. The molecule has 2 heteroatoms. The van der Waals surface area contributed by atoms with E-state index >= 15 is 0 Å². The van der Waals surface area contributed by atoms with Gasteiger partial charge in [-0.05, 0) is 31.0 Å². The van der Waals surface area contributed by atoms with Gasteiger partial charge in [-0.1, -0.05) is 30.7 Å². The van der Waals surface area contributed by atoms with Crippen molar-refractivity contribution in [2.24, 2.45) is 0 Å². The van der Waals surface area contributed by atoms with Crippen molar-refractivity contribution in [1.29, 1.82) is 0 Å². The van der Waals surface area contributed by atoms with E-state index in [2.05, 4.69) is 24.0 Å². The SMILES string of the molecule is CCc1ccc2ccc(Cl)c(C)c2n1. The average Bonchev–Trinajstić information content (AvgIpc) is 2.23. The van der Waals surface area contributed by atoms with Crippen molar-refractivity contribution in [1.82, 2.24) is 4.98 Å². The zero-order valence-electron chi connectivity index (χ0n) is 8.34. The number of pyridine rings is 1. The van der Waals surface area contributed by atoms with E-state index in [4.69, 9.17) is 11.6 Å². The summed E-state index contributed by atoms with van der Waals surface area (Å²) in [7, 11) is 0. The van der Waals surface area contributed by atoms with Gasteiger partial charge in [-0.2, -0.15) is 0 Å². The molecule has 0 saturated heterocycles. The van der Waals surface area contributed by atoms with Gasteiger partial charge in [-0.3, -0.25) is 4.98 Å². The Morgan fingerprint density at radius 1 is 1.21 bits per heavy atom. The van der Waals surface area contributed by atoms with Gasteiger partial charge in [0.15, 0.2) is 0 Å². The van der Waals surface area contributed by atoms with Crippen molar-refractivity contribution in [2.45, 2.75) is 20.3 Å². The van der Waals surface area contributed by atoms with E-state index in [0.717, 1.165) is 33.6 Å². The van der Waals surface area contributed by atoms with E-state index in [0.29, 0.717) is 0 Å². The third-order valence-corrected chi connectivity index (χ3v) is 2.88. The molecule has 72 valence electrons. The maximum absolute atomic E-state index is 6.04. The molecular formula is C12H12ClN. The molecule has 2 aromatic rings. The van der Waals surface area contributed by atoms with E-state index in [-0.39, 0.29) is 0 Å². The number of aryl methyl sites for hydroxylation is 2. The minimum Gasteiger partial charge on any atom is -0.253 e. The molecule has 0 aliphatic heterocycles. The van der Waals surface area contributed by atoms with E-state index in [1.54, 1.807) is 0 Å². The third-order valence-electron chi connectivity index (χ3n) is 2.47. The van der Waals surface area contributed by atoms with Crippen LogP contribution in [0.2, 0.25) is 5.02 Å². The fourth-order valence-electron chi connectivity index (χ4n) is 1.54. The molecule has 0 saturated carbocycles. The van der Waals surface area contributed by atoms with E-state index < -0.39 is 0 Å². The Hall–Kier alpha value is -1.08. The van der Waals surface area contributed by atoms with Crippen LogP contribution in [0.1, 0.15) is 18.2 Å². The number of aromatic nitrogens is 1. The van der Waals surface area contributed by atoms with Crippen LogP contribution >= 0.6 is 11.6 Å². The van der Waals surface area contributed by atoms with Crippen molar-refractivity contribution in [2.75, 3.05) is 0 Å². The molecule has 1 nitrogen and oxygen atoms in total. The molecule has 14 heavy (non-hydrogen) atoms. The molecule has 0 amide bonds. The lowest BCUT2D eigenvalue weighted by Crippen LogP contribution is -1.90. The average molecular weight is 206 g/mol. The summed E-state index contributed by atoms with van der Waals surface area (Å²) >= 11 is 6.04. The molecule has 0 fully saturated rings. The van der Waals surface area contributed by atoms with Gasteiger partial charge >= 0.3 is 0 Å². The molecule has 0 N–H and O–H groups in total. The van der Waals surface area contributed by atoms with Crippen LogP contribution in [0.5, 0.6) is 0 Å². The normalized spacial score (nSPS) is 10.8. The van der Waals surface area contributed by atoms with Gasteiger partial charge in [-0.15, -0.1) is 0 Å². The maximum atomic E-state index is 6.04. The van der Waals surface area contributed by atoms with Gasteiger partial charge in [0.1, 0.15) is 0 Å². The lowest BCUT2D eigenvalue weighted by molar-refractivity contribution is 1.05. The van der Waals surface area contributed by atoms with Crippen molar-refractivity contribution < 1.29 is 0 Å². The third kappa shape index (κ3) is 1.48. The fourth-order valence-corrected chi connectivity index (χ4v) is 1.70. The number of halogens is 1. The van der Waals surface area contributed by atoms with Crippen LogP contribution in [-0.4, -0.2) is 4.98 Å². The Balaban J connectivity index is 2.78. The van der Waals surface area contributed by atoms with Gasteiger partial charge < -0.3 is 0 Å². The number of hydrogen-bond acceptors (Lipinski definition) is 1. The van der Waals surface area contributed by atoms with Crippen molar-refractivity contribution >= 4 is 22.5 Å². The molecular weight excluding hydrogens is 194 g/mol. The first kappa shape index (κ1) is 9.47. The molecule has 0 unspecified atom stereocenters. The van der Waals surface area contributed by atoms with Crippen molar-refractivity contribution in [3.8, 4) is 0 Å². The lowest BCUT2D eigenvalue weighted by atomic mass is 10.1. The number of rotatable bonds is 1. The van der Waals surface area contributed by atoms with Crippen LogP contribution in [-0.2, 0) is 6.42 Å². The van der Waals surface area contributed by atoms with Crippen molar-refractivity contribution in [3.63, 3.8) is 0 Å². The summed E-state index contributed by atoms with van der Waals surface area (Å²) in [4.78, 5) is 4.57. The maximum Gasteiger partial charge on any atom is 0.0749 e. The molecule has 0 aliphatic carbocycles. The van der Waals surface area contributed by atoms with Gasteiger partial charge in [0.05, 0.1) is 5.52 Å². The van der Waals surface area contributed by atoms with E-state index in [9.17, 15) is 0 Å². The molecule has 1 aromatic carbocycles. The van der Waals surface area contributed by atoms with E-state index in [1.165, 1.54) is 0 Å². The van der Waals surface area contributed by atoms with Crippen LogP contribution in [0.15, 0.2) is 24.3 Å². The standard InChI is InChI=1S/C12H12ClN/c1-3-10-6-4-9-5-7-11(13)8(2)12(9)14-10/h4-7H,3H2,1-2H3. The van der Waals surface area contributed by atoms with Crippen LogP contribution in [0, 0.1) is 6.92 Å². The smallest absolute Gasteiger partial charge is 0.0749 e. The first-order chi connectivity index (χ1) is 6.72. The summed E-state index contributed by atoms with van der Waals surface area (Å²) in [5, 5.41) is 1.95. The summed E-state index contributed by atoms with van der Waals surface area (Å²) < 4.78 is 0. The highest BCUT2D eigenvalue weighted by atomic mass is 35.5. The minimum atomic E-state index is 0.790. The van der Waals surface area contributed by atoms with E-state index in [1.807, 2.05) is 19.1 Å². The zero-order valence-corrected chi connectivity index (χ0v) is 9.10. The Kier molecular flexibility index (Phi) is 2.42. The topological polar surface area (TPSA) is 12.9 Å². The first-order valence-corrected chi connectivity index (χ1v) is 5.15. The van der Waals surface area contributed by atoms with Gasteiger partial charge in [0.25, 0.3) is 0 Å². The van der Waals surface area contributed by atoms with Gasteiger partial charge in [0, 0.05) is 16.1 Å². The number of hydrogen-bond donors (Lipinski definition) is 0. The molecule has 2 rings (SSSR count). The summed E-state index contributed by atoms with van der Waals surface area (Å²) in [5.41, 5.74) is 3.21. The molecule has 0 aliphatic rings. The number of nitrogens with zero attached hydrogens (tertiary/aromatic N) is 1. The molecule has 1 heterocycles. The zero-order chi connectivity index (χ0) is 10.1. The highest BCUT2D eigenvalue weighted by Gasteiger charge is 2.03. The number of fused-ring (bicyclic) bond motifs is 1. The highest BCUT2D eigenvalue weighted by Crippen LogP contribution is 2.23.